The lowest BCUT2D eigenvalue weighted by molar-refractivity contribution is 0.574. The molecule has 4 aromatic rings. The quantitative estimate of drug-likeness (QED) is 0.355. The molecule has 0 bridgehead atoms. The molecule has 0 N–H and O–H groups in total. The van der Waals surface area contributed by atoms with E-state index in [1.807, 2.05) is 18.2 Å². The summed E-state index contributed by atoms with van der Waals surface area (Å²) in [7, 11) is 0. The molecular weight excluding hydrogens is 354 g/mol. The number of oxazole rings is 1. The predicted octanol–water partition coefficient (Wildman–Crippen LogP) is 6.97. The van der Waals surface area contributed by atoms with Crippen LogP contribution in [0.4, 0.5) is 5.69 Å². The Kier molecular flexibility index (Phi) is 4.94. The highest BCUT2D eigenvalue weighted by Crippen LogP contribution is 2.30. The van der Waals surface area contributed by atoms with E-state index in [2.05, 4.69) is 64.8 Å². The third kappa shape index (κ3) is 3.88. The first-order valence-electron chi connectivity index (χ1n) is 8.72. The summed E-state index contributed by atoms with van der Waals surface area (Å²) in [5.74, 6) is 0.630. The van der Waals surface area contributed by atoms with E-state index in [4.69, 9.17) is 4.42 Å². The van der Waals surface area contributed by atoms with Crippen LogP contribution in [0.15, 0.2) is 81.0 Å². The van der Waals surface area contributed by atoms with Crippen molar-refractivity contribution in [1.82, 2.24) is 4.98 Å². The third-order valence-electron chi connectivity index (χ3n) is 4.46. The summed E-state index contributed by atoms with van der Waals surface area (Å²) in [5, 5.41) is 10.8. The Balaban J connectivity index is 1.54. The number of rotatable bonds is 5. The molecule has 0 aliphatic rings. The van der Waals surface area contributed by atoms with Crippen molar-refractivity contribution in [2.75, 3.05) is 0 Å². The monoisotopic (exact) mass is 373 g/mol. The van der Waals surface area contributed by atoms with Crippen molar-refractivity contribution in [3.63, 3.8) is 0 Å². The van der Waals surface area contributed by atoms with Gasteiger partial charge in [-0.25, -0.2) is 4.98 Å². The Morgan fingerprint density at radius 3 is 2.48 bits per heavy atom. The Hall–Kier alpha value is -3.05. The summed E-state index contributed by atoms with van der Waals surface area (Å²) in [6, 6.07) is 16.5. The van der Waals surface area contributed by atoms with Gasteiger partial charge in [0.15, 0.2) is 0 Å². The lowest BCUT2D eigenvalue weighted by Crippen LogP contribution is -1.86. The maximum atomic E-state index is 5.42. The average molecular weight is 373 g/mol. The molecule has 27 heavy (non-hydrogen) atoms. The molecule has 2 aromatic heterocycles. The van der Waals surface area contributed by atoms with Gasteiger partial charge in [0, 0.05) is 10.4 Å². The largest absolute Gasteiger partial charge is 0.445 e. The van der Waals surface area contributed by atoms with E-state index < -0.39 is 0 Å². The zero-order valence-electron chi connectivity index (χ0n) is 15.2. The van der Waals surface area contributed by atoms with Crippen molar-refractivity contribution in [2.24, 2.45) is 10.2 Å². The average Bonchev–Trinajstić information content (AvgIpc) is 3.35. The van der Waals surface area contributed by atoms with Crippen molar-refractivity contribution >= 4 is 17.0 Å². The SMILES string of the molecule is Cc1ccc(-c2ncco2)cc1-c1ccc(N=NCc2sccc2C)cc1. The summed E-state index contributed by atoms with van der Waals surface area (Å²) in [4.78, 5) is 5.49. The zero-order chi connectivity index (χ0) is 18.6. The van der Waals surface area contributed by atoms with Gasteiger partial charge in [-0.15, -0.1) is 11.3 Å². The maximum Gasteiger partial charge on any atom is 0.225 e. The van der Waals surface area contributed by atoms with Crippen molar-refractivity contribution < 1.29 is 4.42 Å². The summed E-state index contributed by atoms with van der Waals surface area (Å²) in [5.41, 5.74) is 6.59. The van der Waals surface area contributed by atoms with Crippen LogP contribution in [-0.2, 0) is 6.54 Å². The topological polar surface area (TPSA) is 50.8 Å². The van der Waals surface area contributed by atoms with E-state index in [0.29, 0.717) is 12.4 Å². The molecule has 2 heterocycles. The number of azo groups is 1. The minimum Gasteiger partial charge on any atom is -0.445 e. The number of benzene rings is 2. The van der Waals surface area contributed by atoms with E-state index in [1.165, 1.54) is 16.0 Å². The van der Waals surface area contributed by atoms with Gasteiger partial charge in [-0.05, 0) is 71.8 Å². The molecule has 0 saturated carbocycles. The summed E-state index contributed by atoms with van der Waals surface area (Å²) < 4.78 is 5.42. The smallest absolute Gasteiger partial charge is 0.225 e. The number of hydrogen-bond donors (Lipinski definition) is 0. The highest BCUT2D eigenvalue weighted by Gasteiger charge is 2.08. The lowest BCUT2D eigenvalue weighted by Gasteiger charge is -2.08. The fourth-order valence-corrected chi connectivity index (χ4v) is 3.71. The molecule has 134 valence electrons. The minimum atomic E-state index is 0.628. The van der Waals surface area contributed by atoms with Gasteiger partial charge in [-0.2, -0.15) is 10.2 Å². The van der Waals surface area contributed by atoms with E-state index in [-0.39, 0.29) is 0 Å². The first-order chi connectivity index (χ1) is 13.2. The van der Waals surface area contributed by atoms with Crippen LogP contribution in [0.1, 0.15) is 16.0 Å². The van der Waals surface area contributed by atoms with Gasteiger partial charge < -0.3 is 4.42 Å². The molecule has 5 heteroatoms. The van der Waals surface area contributed by atoms with Crippen LogP contribution >= 0.6 is 11.3 Å². The fraction of sp³-hybridized carbons (Fsp3) is 0.136. The van der Waals surface area contributed by atoms with Gasteiger partial charge in [0.1, 0.15) is 6.26 Å². The second-order valence-corrected chi connectivity index (χ2v) is 7.34. The van der Waals surface area contributed by atoms with Crippen molar-refractivity contribution in [3.05, 3.63) is 82.4 Å². The molecule has 0 radical (unpaired) electrons. The molecular formula is C22H19N3OS. The van der Waals surface area contributed by atoms with E-state index in [1.54, 1.807) is 23.8 Å². The maximum absolute atomic E-state index is 5.42. The predicted molar refractivity (Wildman–Crippen MR) is 109 cm³/mol. The standard InChI is InChI=1S/C22H19N3OS/c1-15-3-4-18(22-23-10-11-26-22)13-20(15)17-5-7-19(8-6-17)25-24-14-21-16(2)9-12-27-21/h3-13H,14H2,1-2H3. The summed E-state index contributed by atoms with van der Waals surface area (Å²) >= 11 is 1.72. The molecule has 0 amide bonds. The molecule has 4 nitrogen and oxygen atoms in total. The first kappa shape index (κ1) is 17.4. The Labute approximate surface area is 162 Å². The number of aryl methyl sites for hydroxylation is 2. The molecule has 0 aliphatic heterocycles. The van der Waals surface area contributed by atoms with Gasteiger partial charge >= 0.3 is 0 Å². The Morgan fingerprint density at radius 2 is 1.78 bits per heavy atom. The number of aromatic nitrogens is 1. The van der Waals surface area contributed by atoms with E-state index in [9.17, 15) is 0 Å². The summed E-state index contributed by atoms with van der Waals surface area (Å²) in [6.07, 6.45) is 3.25. The van der Waals surface area contributed by atoms with Crippen LogP contribution in [0.3, 0.4) is 0 Å². The van der Waals surface area contributed by atoms with Gasteiger partial charge in [0.25, 0.3) is 0 Å². The van der Waals surface area contributed by atoms with Crippen molar-refractivity contribution in [2.45, 2.75) is 20.4 Å². The highest BCUT2D eigenvalue weighted by atomic mass is 32.1. The van der Waals surface area contributed by atoms with Gasteiger partial charge in [0.2, 0.25) is 5.89 Å². The third-order valence-corrected chi connectivity index (χ3v) is 5.47. The molecule has 0 unspecified atom stereocenters. The molecule has 0 spiro atoms. The highest BCUT2D eigenvalue weighted by molar-refractivity contribution is 7.10. The molecule has 4 rings (SSSR count). The second kappa shape index (κ2) is 7.68. The van der Waals surface area contributed by atoms with Crippen LogP contribution in [0.2, 0.25) is 0 Å². The van der Waals surface area contributed by atoms with E-state index >= 15 is 0 Å². The van der Waals surface area contributed by atoms with E-state index in [0.717, 1.165) is 22.4 Å². The van der Waals surface area contributed by atoms with Gasteiger partial charge in [-0.3, -0.25) is 0 Å². The molecule has 0 atom stereocenters. The number of hydrogen-bond acceptors (Lipinski definition) is 5. The van der Waals surface area contributed by atoms with Crippen molar-refractivity contribution in [3.8, 4) is 22.6 Å². The van der Waals surface area contributed by atoms with Gasteiger partial charge in [0.05, 0.1) is 18.4 Å². The molecule has 2 aromatic carbocycles. The normalized spacial score (nSPS) is 11.3. The Bertz CT molecular complexity index is 1060. The molecule has 0 aliphatic carbocycles. The molecule has 0 saturated heterocycles. The first-order valence-corrected chi connectivity index (χ1v) is 9.60. The van der Waals surface area contributed by atoms with Crippen LogP contribution in [0.5, 0.6) is 0 Å². The number of nitrogens with zero attached hydrogens (tertiary/aromatic N) is 3. The van der Waals surface area contributed by atoms with Crippen LogP contribution in [0, 0.1) is 13.8 Å². The van der Waals surface area contributed by atoms with Gasteiger partial charge in [-0.1, -0.05) is 18.2 Å². The van der Waals surface area contributed by atoms with Crippen LogP contribution in [0.25, 0.3) is 22.6 Å². The van der Waals surface area contributed by atoms with Crippen LogP contribution < -0.4 is 0 Å². The lowest BCUT2D eigenvalue weighted by atomic mass is 9.98. The minimum absolute atomic E-state index is 0.628. The zero-order valence-corrected chi connectivity index (χ0v) is 16.0. The fourth-order valence-electron chi connectivity index (χ4n) is 2.89. The summed E-state index contributed by atoms with van der Waals surface area (Å²) in [6.45, 7) is 4.83. The second-order valence-electron chi connectivity index (χ2n) is 6.34. The van der Waals surface area contributed by atoms with Crippen molar-refractivity contribution in [1.29, 1.82) is 0 Å². The van der Waals surface area contributed by atoms with Crippen LogP contribution in [-0.4, -0.2) is 4.98 Å². The Morgan fingerprint density at radius 1 is 0.963 bits per heavy atom. The molecule has 0 fully saturated rings. The number of thiophene rings is 1.